The summed E-state index contributed by atoms with van der Waals surface area (Å²) in [5, 5.41) is 8.17. The van der Waals surface area contributed by atoms with Crippen molar-refractivity contribution in [2.45, 2.75) is 91.0 Å². The maximum absolute atomic E-state index is 13.9. The Morgan fingerprint density at radius 3 is 2.13 bits per heavy atom. The van der Waals surface area contributed by atoms with Gasteiger partial charge >= 0.3 is 12.1 Å². The molecular weight excluding hydrogens is 726 g/mol. The Balaban J connectivity index is 1.82. The van der Waals surface area contributed by atoms with E-state index < -0.39 is 53.4 Å². The quantitative estimate of drug-likeness (QED) is 0.105. The average molecular weight is 780 g/mol. The number of anilines is 1. The van der Waals surface area contributed by atoms with Crippen LogP contribution < -0.4 is 20.9 Å². The van der Waals surface area contributed by atoms with Crippen molar-refractivity contribution < 1.29 is 33.0 Å². The number of hydrogen-bond acceptors (Lipinski definition) is 8. The molecule has 15 heteroatoms. The summed E-state index contributed by atoms with van der Waals surface area (Å²) in [6, 6.07) is 8.21. The number of benzene rings is 2. The molecule has 1 heterocycles. The maximum atomic E-state index is 13.9. The van der Waals surface area contributed by atoms with Crippen molar-refractivity contribution in [2.75, 3.05) is 36.4 Å². The minimum absolute atomic E-state index is 0.00376. The van der Waals surface area contributed by atoms with Crippen molar-refractivity contribution in [3.05, 3.63) is 59.7 Å². The zero-order chi connectivity index (χ0) is 39.3. The number of alkyl carbamates (subject to hydrolysis) is 1. The Hall–Kier alpha value is -4.10. The molecule has 3 rings (SSSR count). The number of ether oxygens (including phenoxy) is 2. The molecule has 0 aliphatic rings. The number of fused-ring (bicyclic) bond motifs is 1. The zero-order valence-electron chi connectivity index (χ0n) is 31.6. The van der Waals surface area contributed by atoms with Crippen molar-refractivity contribution in [3.63, 3.8) is 0 Å². The molecule has 0 unspecified atom stereocenters. The molecule has 0 saturated carbocycles. The minimum atomic E-state index is -1.16. The minimum Gasteiger partial charge on any atom is -0.464 e. The van der Waals surface area contributed by atoms with Gasteiger partial charge in [-0.05, 0) is 82.3 Å². The molecule has 3 aromatic rings. The SMILES string of the molecule is CCOC(=O)[C@H](CCc1nc2cc(N(CCCl)CCCl)ccc2n1C)NC(=O)[C@@H](CC(C)C)NC(=O)[C@H](Cc1ccc(F)cc1)NC(=O)OC(C)(C)C. The molecule has 292 valence electrons. The van der Waals surface area contributed by atoms with Gasteiger partial charge in [-0.25, -0.2) is 19.0 Å². The van der Waals surface area contributed by atoms with E-state index in [4.69, 9.17) is 37.7 Å². The highest BCUT2D eigenvalue weighted by Gasteiger charge is 2.32. The van der Waals surface area contributed by atoms with Crippen molar-refractivity contribution in [2.24, 2.45) is 13.0 Å². The Labute approximate surface area is 321 Å². The van der Waals surface area contributed by atoms with Crippen LogP contribution in [0.15, 0.2) is 42.5 Å². The van der Waals surface area contributed by atoms with Crippen LogP contribution in [0.5, 0.6) is 0 Å². The number of nitrogens with one attached hydrogen (secondary N) is 3. The first-order valence-electron chi connectivity index (χ1n) is 17.9. The first-order valence-corrected chi connectivity index (χ1v) is 19.0. The van der Waals surface area contributed by atoms with Crippen LogP contribution >= 0.6 is 23.2 Å². The van der Waals surface area contributed by atoms with E-state index in [0.717, 1.165) is 16.7 Å². The summed E-state index contributed by atoms with van der Waals surface area (Å²) < 4.78 is 26.3. The number of carbonyl (C=O) groups excluding carboxylic acids is 4. The van der Waals surface area contributed by atoms with Crippen LogP contribution in [-0.2, 0) is 43.7 Å². The molecule has 1 aromatic heterocycles. The highest BCUT2D eigenvalue weighted by molar-refractivity contribution is 6.18. The fraction of sp³-hybridized carbons (Fsp3) is 0.553. The van der Waals surface area contributed by atoms with Gasteiger partial charge in [-0.1, -0.05) is 26.0 Å². The molecule has 0 bridgehead atoms. The van der Waals surface area contributed by atoms with Gasteiger partial charge in [0, 0.05) is 50.4 Å². The predicted molar refractivity (Wildman–Crippen MR) is 206 cm³/mol. The maximum Gasteiger partial charge on any atom is 0.408 e. The van der Waals surface area contributed by atoms with E-state index in [1.807, 2.05) is 43.7 Å². The molecule has 0 saturated heterocycles. The molecule has 3 atom stereocenters. The Kier molecular flexibility index (Phi) is 16.7. The van der Waals surface area contributed by atoms with Crippen LogP contribution in [0.4, 0.5) is 14.9 Å². The second-order valence-corrected chi connectivity index (χ2v) is 15.0. The van der Waals surface area contributed by atoms with Gasteiger partial charge in [0.2, 0.25) is 11.8 Å². The number of rotatable bonds is 19. The summed E-state index contributed by atoms with van der Waals surface area (Å²) in [5.74, 6) is -0.732. The van der Waals surface area contributed by atoms with Crippen molar-refractivity contribution in [1.29, 1.82) is 0 Å². The van der Waals surface area contributed by atoms with Crippen molar-refractivity contribution in [3.8, 4) is 0 Å². The lowest BCUT2D eigenvalue weighted by molar-refractivity contribution is -0.148. The molecule has 0 fully saturated rings. The van der Waals surface area contributed by atoms with Gasteiger partial charge in [-0.3, -0.25) is 9.59 Å². The number of amides is 3. The number of aryl methyl sites for hydroxylation is 2. The Morgan fingerprint density at radius 1 is 0.925 bits per heavy atom. The fourth-order valence-corrected chi connectivity index (χ4v) is 6.17. The van der Waals surface area contributed by atoms with E-state index in [0.29, 0.717) is 42.7 Å². The second kappa shape index (κ2) is 20.4. The molecule has 0 radical (unpaired) electrons. The fourth-order valence-electron chi connectivity index (χ4n) is 5.76. The van der Waals surface area contributed by atoms with Gasteiger partial charge in [0.1, 0.15) is 35.4 Å². The molecule has 3 amide bonds. The third-order valence-corrected chi connectivity index (χ3v) is 8.61. The number of imidazole rings is 1. The lowest BCUT2D eigenvalue weighted by atomic mass is 10.0. The third kappa shape index (κ3) is 13.7. The number of hydrogen-bond donors (Lipinski definition) is 3. The average Bonchev–Trinajstić information content (AvgIpc) is 3.39. The molecular formula is C38H53Cl2FN6O6. The van der Waals surface area contributed by atoms with E-state index in [-0.39, 0.29) is 31.8 Å². The third-order valence-electron chi connectivity index (χ3n) is 8.28. The van der Waals surface area contributed by atoms with Crippen LogP contribution in [0.3, 0.4) is 0 Å². The van der Waals surface area contributed by atoms with Crippen molar-refractivity contribution in [1.82, 2.24) is 25.5 Å². The molecule has 12 nitrogen and oxygen atoms in total. The Bertz CT molecular complexity index is 1670. The van der Waals surface area contributed by atoms with Crippen LogP contribution in [0.25, 0.3) is 11.0 Å². The molecule has 2 aromatic carbocycles. The van der Waals surface area contributed by atoms with Crippen LogP contribution in [0.1, 0.15) is 65.8 Å². The topological polar surface area (TPSA) is 144 Å². The summed E-state index contributed by atoms with van der Waals surface area (Å²) in [7, 11) is 1.89. The predicted octanol–water partition coefficient (Wildman–Crippen LogP) is 5.64. The first-order chi connectivity index (χ1) is 25.0. The monoisotopic (exact) mass is 778 g/mol. The summed E-state index contributed by atoms with van der Waals surface area (Å²) in [5.41, 5.74) is 2.35. The number of halogens is 3. The largest absolute Gasteiger partial charge is 0.464 e. The lowest BCUT2D eigenvalue weighted by Crippen LogP contribution is -2.57. The zero-order valence-corrected chi connectivity index (χ0v) is 33.2. The second-order valence-electron chi connectivity index (χ2n) is 14.2. The number of alkyl halides is 2. The Morgan fingerprint density at radius 2 is 1.55 bits per heavy atom. The molecule has 0 aliphatic heterocycles. The summed E-state index contributed by atoms with van der Waals surface area (Å²) in [6.07, 6.45) is -0.0787. The molecule has 0 spiro atoms. The van der Waals surface area contributed by atoms with Gasteiger partial charge < -0.3 is 34.9 Å². The van der Waals surface area contributed by atoms with E-state index in [2.05, 4.69) is 20.9 Å². The molecule has 0 aliphatic carbocycles. The van der Waals surface area contributed by atoms with Gasteiger partial charge in [0.25, 0.3) is 0 Å². The van der Waals surface area contributed by atoms with Crippen LogP contribution in [0.2, 0.25) is 0 Å². The van der Waals surface area contributed by atoms with Gasteiger partial charge in [-0.15, -0.1) is 23.2 Å². The number of carbonyl (C=O) groups is 4. The van der Waals surface area contributed by atoms with Gasteiger partial charge in [-0.2, -0.15) is 0 Å². The molecule has 3 N–H and O–H groups in total. The van der Waals surface area contributed by atoms with Crippen LogP contribution in [0, 0.1) is 11.7 Å². The highest BCUT2D eigenvalue weighted by atomic mass is 35.5. The first kappa shape index (κ1) is 43.3. The number of nitrogens with zero attached hydrogens (tertiary/aromatic N) is 3. The van der Waals surface area contributed by atoms with Gasteiger partial charge in [0.15, 0.2) is 0 Å². The standard InChI is InChI=1S/C38H53Cl2FN6O6/c1-8-52-36(50)28(14-16-33-42-29-23-27(13-15-32(29)46(33)7)47(19-17-39)20-18-40)43-34(48)30(21-24(2)3)44-35(49)31(45-37(51)53-38(4,5)6)22-25-9-11-26(41)12-10-25/h9-13,15,23-24,28,30-31H,8,14,16-22H2,1-7H3,(H,43,48)(H,44,49)(H,45,51)/t28-,30+,31-/m0/s1. The molecule has 53 heavy (non-hydrogen) atoms. The summed E-state index contributed by atoms with van der Waals surface area (Å²) in [4.78, 5) is 60.4. The number of esters is 1. The summed E-state index contributed by atoms with van der Waals surface area (Å²) >= 11 is 12.0. The van der Waals surface area contributed by atoms with Crippen molar-refractivity contribution >= 4 is 63.8 Å². The highest BCUT2D eigenvalue weighted by Crippen LogP contribution is 2.24. The number of aromatic nitrogens is 2. The van der Waals surface area contributed by atoms with E-state index in [9.17, 15) is 23.6 Å². The normalized spacial score (nSPS) is 13.3. The van der Waals surface area contributed by atoms with E-state index in [1.165, 1.54) is 24.3 Å². The van der Waals surface area contributed by atoms with Gasteiger partial charge in [0.05, 0.1) is 17.6 Å². The smallest absolute Gasteiger partial charge is 0.408 e. The van der Waals surface area contributed by atoms with Crippen LogP contribution in [-0.4, -0.2) is 88.6 Å². The van der Waals surface area contributed by atoms with E-state index >= 15 is 0 Å². The van der Waals surface area contributed by atoms with E-state index in [1.54, 1.807) is 27.7 Å². The summed E-state index contributed by atoms with van der Waals surface area (Å²) in [6.45, 7) is 11.9. The lowest BCUT2D eigenvalue weighted by Gasteiger charge is -2.27.